The average molecular weight is 189 g/mol. The van der Waals surface area contributed by atoms with Crippen LogP contribution in [0.2, 0.25) is 0 Å². The van der Waals surface area contributed by atoms with Gasteiger partial charge in [0.05, 0.1) is 0 Å². The Labute approximate surface area is 77.3 Å². The zero-order chi connectivity index (χ0) is 9.14. The van der Waals surface area contributed by atoms with Gasteiger partial charge < -0.3 is 0 Å². The summed E-state index contributed by atoms with van der Waals surface area (Å²) < 4.78 is 0. The molecule has 0 unspecified atom stereocenters. The van der Waals surface area contributed by atoms with Crippen LogP contribution in [0.15, 0.2) is 0 Å². The van der Waals surface area contributed by atoms with Crippen LogP contribution in [0.4, 0.5) is 0 Å². The fourth-order valence-corrected chi connectivity index (χ4v) is 1.95. The van der Waals surface area contributed by atoms with Gasteiger partial charge in [-0.15, -0.1) is 0 Å². The number of carbonyl (C=O) groups excluding carboxylic acids is 2. The van der Waals surface area contributed by atoms with E-state index in [-0.39, 0.29) is 22.9 Å². The highest BCUT2D eigenvalue weighted by molar-refractivity contribution is 6.63. The Kier molecular flexibility index (Phi) is 3.27. The van der Waals surface area contributed by atoms with Crippen LogP contribution >= 0.6 is 11.6 Å². The molecule has 1 aliphatic rings. The molecular formula is C9H13ClO2. The summed E-state index contributed by atoms with van der Waals surface area (Å²) in [5.74, 6) is 0.426. The van der Waals surface area contributed by atoms with Crippen LogP contribution in [-0.4, -0.2) is 11.0 Å². The largest absolute Gasteiger partial charge is 0.300 e. The molecule has 1 rings (SSSR count). The molecule has 0 heterocycles. The van der Waals surface area contributed by atoms with E-state index in [9.17, 15) is 9.59 Å². The van der Waals surface area contributed by atoms with E-state index in [4.69, 9.17) is 11.6 Å². The van der Waals surface area contributed by atoms with Crippen molar-refractivity contribution in [3.63, 3.8) is 0 Å². The molecule has 1 saturated carbocycles. The molecule has 3 heteroatoms. The molecule has 0 N–H and O–H groups in total. The number of rotatable bonds is 2. The van der Waals surface area contributed by atoms with Crippen LogP contribution in [0.25, 0.3) is 0 Å². The molecule has 0 radical (unpaired) electrons. The molecule has 0 aromatic carbocycles. The molecule has 0 atom stereocenters. The van der Waals surface area contributed by atoms with Crippen LogP contribution < -0.4 is 0 Å². The van der Waals surface area contributed by atoms with Crippen molar-refractivity contribution in [1.29, 1.82) is 0 Å². The summed E-state index contributed by atoms with van der Waals surface area (Å²) in [6, 6.07) is 0. The highest BCUT2D eigenvalue weighted by Crippen LogP contribution is 2.30. The van der Waals surface area contributed by atoms with E-state index in [0.29, 0.717) is 0 Å². The minimum atomic E-state index is -0.239. The minimum Gasteiger partial charge on any atom is -0.300 e. The summed E-state index contributed by atoms with van der Waals surface area (Å²) >= 11 is 5.36. The van der Waals surface area contributed by atoms with Gasteiger partial charge in [-0.3, -0.25) is 9.59 Å². The normalized spacial score (nSPS) is 29.8. The first-order chi connectivity index (χ1) is 5.61. The van der Waals surface area contributed by atoms with E-state index in [0.717, 1.165) is 25.7 Å². The molecule has 1 fully saturated rings. The molecule has 0 amide bonds. The van der Waals surface area contributed by atoms with Gasteiger partial charge in [-0.05, 0) is 44.2 Å². The third-order valence-corrected chi connectivity index (χ3v) is 2.93. The lowest BCUT2D eigenvalue weighted by Crippen LogP contribution is -2.22. The van der Waals surface area contributed by atoms with Crippen molar-refractivity contribution >= 4 is 22.6 Å². The van der Waals surface area contributed by atoms with Crippen molar-refractivity contribution in [3.8, 4) is 0 Å². The number of halogens is 1. The van der Waals surface area contributed by atoms with Gasteiger partial charge in [-0.25, -0.2) is 0 Å². The fraction of sp³-hybridized carbons (Fsp3) is 0.778. The number of Topliss-reactive ketones (excluding diaryl/α,β-unsaturated/α-hetero) is 1. The fourth-order valence-electron chi connectivity index (χ4n) is 1.73. The van der Waals surface area contributed by atoms with Crippen molar-refractivity contribution in [2.45, 2.75) is 32.6 Å². The molecular weight excluding hydrogens is 176 g/mol. The van der Waals surface area contributed by atoms with E-state index >= 15 is 0 Å². The number of carbonyl (C=O) groups is 2. The quantitative estimate of drug-likeness (QED) is 0.623. The lowest BCUT2D eigenvalue weighted by molar-refractivity contribution is -0.123. The third kappa shape index (κ3) is 2.31. The van der Waals surface area contributed by atoms with Crippen LogP contribution in [0.3, 0.4) is 0 Å². The van der Waals surface area contributed by atoms with Crippen molar-refractivity contribution < 1.29 is 9.59 Å². The van der Waals surface area contributed by atoms with Crippen molar-refractivity contribution in [3.05, 3.63) is 0 Å². The first-order valence-corrected chi connectivity index (χ1v) is 4.69. The zero-order valence-corrected chi connectivity index (χ0v) is 7.93. The topological polar surface area (TPSA) is 34.1 Å². The van der Waals surface area contributed by atoms with E-state index < -0.39 is 0 Å². The Morgan fingerprint density at radius 3 is 1.83 bits per heavy atom. The van der Waals surface area contributed by atoms with Gasteiger partial charge in [-0.2, -0.15) is 0 Å². The predicted molar refractivity (Wildman–Crippen MR) is 47.0 cm³/mol. The standard InChI is InChI=1S/C9H13ClO2/c1-6(11)7-2-4-8(5-3-7)9(10)12/h7-8H,2-5H2,1H3/t7-,8-. The molecule has 1 aliphatic carbocycles. The number of hydrogen-bond donors (Lipinski definition) is 0. The molecule has 0 aliphatic heterocycles. The van der Waals surface area contributed by atoms with Gasteiger partial charge >= 0.3 is 0 Å². The molecule has 0 bridgehead atoms. The van der Waals surface area contributed by atoms with Crippen molar-refractivity contribution in [1.82, 2.24) is 0 Å². The summed E-state index contributed by atoms with van der Waals surface area (Å²) in [4.78, 5) is 21.7. The molecule has 0 aromatic rings. The van der Waals surface area contributed by atoms with Crippen molar-refractivity contribution in [2.75, 3.05) is 0 Å². The highest BCUT2D eigenvalue weighted by atomic mass is 35.5. The Balaban J connectivity index is 2.39. The number of ketones is 1. The SMILES string of the molecule is CC(=O)[C@H]1CC[C@H](C(=O)Cl)CC1. The summed E-state index contributed by atoms with van der Waals surface area (Å²) in [7, 11) is 0. The van der Waals surface area contributed by atoms with E-state index in [1.165, 1.54) is 0 Å². The monoisotopic (exact) mass is 188 g/mol. The van der Waals surface area contributed by atoms with Gasteiger partial charge in [0, 0.05) is 11.8 Å². The summed E-state index contributed by atoms with van der Waals surface area (Å²) in [5.41, 5.74) is 0. The molecule has 68 valence electrons. The van der Waals surface area contributed by atoms with Crippen LogP contribution in [-0.2, 0) is 9.59 Å². The maximum atomic E-state index is 11.0. The minimum absolute atomic E-state index is 0.00210. The maximum absolute atomic E-state index is 11.0. The van der Waals surface area contributed by atoms with Crippen LogP contribution in [0, 0.1) is 11.8 Å². The first kappa shape index (κ1) is 9.72. The first-order valence-electron chi connectivity index (χ1n) is 4.31. The van der Waals surface area contributed by atoms with Crippen LogP contribution in [0.5, 0.6) is 0 Å². The van der Waals surface area contributed by atoms with Gasteiger partial charge in [0.15, 0.2) is 0 Å². The zero-order valence-electron chi connectivity index (χ0n) is 7.18. The molecule has 0 aromatic heterocycles. The second-order valence-electron chi connectivity index (χ2n) is 3.46. The highest BCUT2D eigenvalue weighted by Gasteiger charge is 2.26. The lowest BCUT2D eigenvalue weighted by Gasteiger charge is -2.24. The van der Waals surface area contributed by atoms with Gasteiger partial charge in [0.25, 0.3) is 0 Å². The molecule has 0 spiro atoms. The summed E-state index contributed by atoms with van der Waals surface area (Å²) in [6.45, 7) is 1.62. The maximum Gasteiger partial charge on any atom is 0.224 e. The van der Waals surface area contributed by atoms with Crippen molar-refractivity contribution in [2.24, 2.45) is 11.8 Å². The van der Waals surface area contributed by atoms with E-state index in [2.05, 4.69) is 0 Å². The predicted octanol–water partition coefficient (Wildman–Crippen LogP) is 2.15. The number of hydrogen-bond acceptors (Lipinski definition) is 2. The smallest absolute Gasteiger partial charge is 0.224 e. The Morgan fingerprint density at radius 2 is 1.50 bits per heavy atom. The molecule has 12 heavy (non-hydrogen) atoms. The Hall–Kier alpha value is -0.370. The van der Waals surface area contributed by atoms with E-state index in [1.54, 1.807) is 6.92 Å². The summed E-state index contributed by atoms with van der Waals surface area (Å²) in [5, 5.41) is -0.239. The molecule has 0 saturated heterocycles. The van der Waals surface area contributed by atoms with Gasteiger partial charge in [0.2, 0.25) is 5.24 Å². The van der Waals surface area contributed by atoms with E-state index in [1.807, 2.05) is 0 Å². The second kappa shape index (κ2) is 4.04. The molecule has 2 nitrogen and oxygen atoms in total. The Bertz CT molecular complexity index is 171. The van der Waals surface area contributed by atoms with Gasteiger partial charge in [0.1, 0.15) is 5.78 Å². The average Bonchev–Trinajstić information content (AvgIpc) is 2.04. The summed E-state index contributed by atoms with van der Waals surface area (Å²) in [6.07, 6.45) is 3.23. The Morgan fingerprint density at radius 1 is 1.08 bits per heavy atom. The van der Waals surface area contributed by atoms with Gasteiger partial charge in [-0.1, -0.05) is 0 Å². The van der Waals surface area contributed by atoms with Crippen LogP contribution in [0.1, 0.15) is 32.6 Å². The second-order valence-corrected chi connectivity index (χ2v) is 3.84. The third-order valence-electron chi connectivity index (χ3n) is 2.62. The lowest BCUT2D eigenvalue weighted by atomic mass is 9.81.